The molecule has 7 nitrogen and oxygen atoms in total. The standard InChI is InChI=1S/C16H19N3O4.ClH/c1-11-14(12(2)23-17-11)9-18-5-7-19(8-6-18)16(21)13-3-4-15(20)22-10-13;/h3-4,10H,5-9H2,1-2H3;1H. The van der Waals surface area contributed by atoms with Gasteiger partial charge in [-0.05, 0) is 19.9 Å². The number of hydrogen-bond donors (Lipinski definition) is 0. The molecule has 1 aliphatic heterocycles. The Morgan fingerprint density at radius 1 is 1.21 bits per heavy atom. The maximum atomic E-state index is 12.4. The zero-order chi connectivity index (χ0) is 16.4. The number of halogens is 1. The van der Waals surface area contributed by atoms with Gasteiger partial charge in [0.05, 0.1) is 11.3 Å². The lowest BCUT2D eigenvalue weighted by atomic mass is 10.1. The van der Waals surface area contributed by atoms with E-state index in [9.17, 15) is 9.59 Å². The molecule has 0 aliphatic carbocycles. The largest absolute Gasteiger partial charge is 0.430 e. The Labute approximate surface area is 145 Å². The van der Waals surface area contributed by atoms with Crippen LogP contribution in [0.4, 0.5) is 0 Å². The maximum Gasteiger partial charge on any atom is 0.335 e. The van der Waals surface area contributed by atoms with E-state index < -0.39 is 5.63 Å². The first kappa shape index (κ1) is 18.2. The SMILES string of the molecule is Cc1noc(C)c1CN1CCN(C(=O)c2ccc(=O)oc2)CC1.Cl. The number of hydrogen-bond acceptors (Lipinski definition) is 6. The molecule has 1 saturated heterocycles. The van der Waals surface area contributed by atoms with Crippen molar-refractivity contribution in [3.05, 3.63) is 51.4 Å². The van der Waals surface area contributed by atoms with Gasteiger partial charge in [-0.15, -0.1) is 12.4 Å². The summed E-state index contributed by atoms with van der Waals surface area (Å²) in [5, 5.41) is 3.97. The summed E-state index contributed by atoms with van der Waals surface area (Å²) in [5.74, 6) is 0.742. The minimum Gasteiger partial charge on any atom is -0.430 e. The molecular formula is C16H20ClN3O4. The van der Waals surface area contributed by atoms with Crippen molar-refractivity contribution in [2.45, 2.75) is 20.4 Å². The third kappa shape index (κ3) is 3.85. The predicted molar refractivity (Wildman–Crippen MR) is 89.4 cm³/mol. The summed E-state index contributed by atoms with van der Waals surface area (Å²) < 4.78 is 9.94. The number of carbonyl (C=O) groups is 1. The summed E-state index contributed by atoms with van der Waals surface area (Å²) >= 11 is 0. The Bertz CT molecular complexity index is 723. The third-order valence-corrected chi connectivity index (χ3v) is 4.17. The number of piperazine rings is 1. The van der Waals surface area contributed by atoms with Crippen LogP contribution in [-0.2, 0) is 6.54 Å². The molecule has 0 spiro atoms. The molecule has 1 amide bonds. The second kappa shape index (κ2) is 7.63. The van der Waals surface area contributed by atoms with Gasteiger partial charge in [0, 0.05) is 44.4 Å². The van der Waals surface area contributed by atoms with Gasteiger partial charge in [0.1, 0.15) is 12.0 Å². The number of carbonyl (C=O) groups excluding carboxylic acids is 1. The van der Waals surface area contributed by atoms with E-state index in [-0.39, 0.29) is 18.3 Å². The van der Waals surface area contributed by atoms with Gasteiger partial charge in [-0.2, -0.15) is 0 Å². The first-order valence-electron chi connectivity index (χ1n) is 7.57. The van der Waals surface area contributed by atoms with Gasteiger partial charge < -0.3 is 13.8 Å². The number of amides is 1. The van der Waals surface area contributed by atoms with E-state index in [1.807, 2.05) is 13.8 Å². The molecule has 0 bridgehead atoms. The molecule has 3 heterocycles. The van der Waals surface area contributed by atoms with Crippen molar-refractivity contribution < 1.29 is 13.7 Å². The van der Waals surface area contributed by atoms with Crippen LogP contribution in [0.2, 0.25) is 0 Å². The molecule has 2 aromatic rings. The third-order valence-electron chi connectivity index (χ3n) is 4.17. The average molecular weight is 354 g/mol. The summed E-state index contributed by atoms with van der Waals surface area (Å²) in [7, 11) is 0. The quantitative estimate of drug-likeness (QED) is 0.834. The van der Waals surface area contributed by atoms with Crippen LogP contribution < -0.4 is 5.63 Å². The molecule has 0 N–H and O–H groups in total. The van der Waals surface area contributed by atoms with E-state index in [1.54, 1.807) is 4.90 Å². The molecule has 2 aromatic heterocycles. The highest BCUT2D eigenvalue weighted by molar-refractivity contribution is 5.93. The Kier molecular flexibility index (Phi) is 5.80. The van der Waals surface area contributed by atoms with Crippen molar-refractivity contribution in [1.82, 2.24) is 15.0 Å². The van der Waals surface area contributed by atoms with Crippen molar-refractivity contribution in [2.24, 2.45) is 0 Å². The van der Waals surface area contributed by atoms with Crippen LogP contribution in [-0.4, -0.2) is 47.0 Å². The number of nitrogens with zero attached hydrogens (tertiary/aromatic N) is 3. The highest BCUT2D eigenvalue weighted by Crippen LogP contribution is 2.16. The van der Waals surface area contributed by atoms with Gasteiger partial charge in [0.15, 0.2) is 0 Å². The van der Waals surface area contributed by atoms with Gasteiger partial charge in [-0.1, -0.05) is 5.16 Å². The van der Waals surface area contributed by atoms with E-state index in [2.05, 4.69) is 10.1 Å². The van der Waals surface area contributed by atoms with Crippen LogP contribution in [0.1, 0.15) is 27.4 Å². The molecule has 0 unspecified atom stereocenters. The fourth-order valence-corrected chi connectivity index (χ4v) is 2.72. The molecule has 0 saturated carbocycles. The summed E-state index contributed by atoms with van der Waals surface area (Å²) in [5.41, 5.74) is 1.99. The second-order valence-corrected chi connectivity index (χ2v) is 5.71. The first-order valence-corrected chi connectivity index (χ1v) is 7.57. The monoisotopic (exact) mass is 353 g/mol. The van der Waals surface area contributed by atoms with E-state index in [4.69, 9.17) is 8.94 Å². The molecule has 0 atom stereocenters. The van der Waals surface area contributed by atoms with Crippen molar-refractivity contribution >= 4 is 18.3 Å². The summed E-state index contributed by atoms with van der Waals surface area (Å²) in [6, 6.07) is 2.77. The normalized spacial score (nSPS) is 15.2. The Hall–Kier alpha value is -2.12. The van der Waals surface area contributed by atoms with Crippen LogP contribution in [0.15, 0.2) is 32.1 Å². The fourth-order valence-electron chi connectivity index (χ4n) is 2.72. The molecule has 130 valence electrons. The van der Waals surface area contributed by atoms with Gasteiger partial charge in [-0.25, -0.2) is 4.79 Å². The number of aromatic nitrogens is 1. The van der Waals surface area contributed by atoms with Crippen LogP contribution in [0.3, 0.4) is 0 Å². The second-order valence-electron chi connectivity index (χ2n) is 5.71. The fraction of sp³-hybridized carbons (Fsp3) is 0.438. The summed E-state index contributed by atoms with van der Waals surface area (Å²) in [6.07, 6.45) is 1.22. The van der Waals surface area contributed by atoms with Crippen molar-refractivity contribution in [1.29, 1.82) is 0 Å². The molecule has 0 radical (unpaired) electrons. The zero-order valence-corrected chi connectivity index (χ0v) is 14.5. The van der Waals surface area contributed by atoms with Crippen molar-refractivity contribution in [3.8, 4) is 0 Å². The minimum absolute atomic E-state index is 0. The van der Waals surface area contributed by atoms with Gasteiger partial charge in [0.25, 0.3) is 5.91 Å². The molecule has 1 aliphatic rings. The van der Waals surface area contributed by atoms with Crippen LogP contribution in [0.25, 0.3) is 0 Å². The summed E-state index contributed by atoms with van der Waals surface area (Å²) in [4.78, 5) is 27.4. The molecule has 8 heteroatoms. The smallest absolute Gasteiger partial charge is 0.335 e. The van der Waals surface area contributed by atoms with E-state index in [0.29, 0.717) is 18.7 Å². The Morgan fingerprint density at radius 2 is 1.92 bits per heavy atom. The highest BCUT2D eigenvalue weighted by atomic mass is 35.5. The molecule has 1 fully saturated rings. The van der Waals surface area contributed by atoms with Gasteiger partial charge >= 0.3 is 5.63 Å². The lowest BCUT2D eigenvalue weighted by Gasteiger charge is -2.34. The van der Waals surface area contributed by atoms with Gasteiger partial charge in [-0.3, -0.25) is 9.69 Å². The van der Waals surface area contributed by atoms with E-state index in [0.717, 1.165) is 36.7 Å². The van der Waals surface area contributed by atoms with E-state index in [1.165, 1.54) is 18.4 Å². The lowest BCUT2D eigenvalue weighted by Crippen LogP contribution is -2.48. The van der Waals surface area contributed by atoms with Crippen molar-refractivity contribution in [3.63, 3.8) is 0 Å². The summed E-state index contributed by atoms with van der Waals surface area (Å²) in [6.45, 7) is 7.48. The Morgan fingerprint density at radius 3 is 2.46 bits per heavy atom. The molecule has 24 heavy (non-hydrogen) atoms. The average Bonchev–Trinajstić information content (AvgIpc) is 2.87. The zero-order valence-electron chi connectivity index (χ0n) is 13.7. The number of rotatable bonds is 3. The maximum absolute atomic E-state index is 12.4. The first-order chi connectivity index (χ1) is 11.0. The molecule has 0 aromatic carbocycles. The number of aryl methyl sites for hydroxylation is 2. The van der Waals surface area contributed by atoms with Crippen LogP contribution in [0, 0.1) is 13.8 Å². The highest BCUT2D eigenvalue weighted by Gasteiger charge is 2.24. The predicted octanol–water partition coefficient (Wildman–Crippen LogP) is 1.62. The Balaban J connectivity index is 0.00000208. The van der Waals surface area contributed by atoms with Crippen molar-refractivity contribution in [2.75, 3.05) is 26.2 Å². The lowest BCUT2D eigenvalue weighted by molar-refractivity contribution is 0.0625. The molecule has 3 rings (SSSR count). The topological polar surface area (TPSA) is 79.8 Å². The van der Waals surface area contributed by atoms with Crippen LogP contribution in [0.5, 0.6) is 0 Å². The molecular weight excluding hydrogens is 334 g/mol. The van der Waals surface area contributed by atoms with Gasteiger partial charge in [0.2, 0.25) is 0 Å². The van der Waals surface area contributed by atoms with Crippen LogP contribution >= 0.6 is 12.4 Å². The minimum atomic E-state index is -0.453. The van der Waals surface area contributed by atoms with E-state index >= 15 is 0 Å².